The van der Waals surface area contributed by atoms with Crippen LogP contribution < -0.4 is 10.1 Å². The van der Waals surface area contributed by atoms with E-state index in [1.807, 2.05) is 0 Å². The molecule has 0 aromatic heterocycles. The van der Waals surface area contributed by atoms with Crippen molar-refractivity contribution in [3.05, 3.63) is 29.3 Å². The lowest BCUT2D eigenvalue weighted by Crippen LogP contribution is -2.53. The molecule has 120 valence electrons. The minimum absolute atomic E-state index is 0.163. The predicted octanol–water partition coefficient (Wildman–Crippen LogP) is 3.61. The minimum atomic E-state index is -0.163. The molecule has 4 rings (SSSR count). The van der Waals surface area contributed by atoms with Crippen molar-refractivity contribution in [2.24, 2.45) is 11.3 Å². The summed E-state index contributed by atoms with van der Waals surface area (Å²) in [7, 11) is 0. The summed E-state index contributed by atoms with van der Waals surface area (Å²) in [6.45, 7) is 9.74. The lowest BCUT2D eigenvalue weighted by molar-refractivity contribution is -0.169. The van der Waals surface area contributed by atoms with Gasteiger partial charge in [0.1, 0.15) is 11.4 Å². The summed E-state index contributed by atoms with van der Waals surface area (Å²) in [5.74, 6) is 1.46. The molecule has 0 bridgehead atoms. The maximum absolute atomic E-state index is 6.47. The summed E-state index contributed by atoms with van der Waals surface area (Å²) in [5.41, 5.74) is 2.69. The zero-order valence-corrected chi connectivity index (χ0v) is 13.9. The van der Waals surface area contributed by atoms with Gasteiger partial charge in [-0.25, -0.2) is 0 Å². The van der Waals surface area contributed by atoms with Gasteiger partial charge < -0.3 is 14.8 Å². The van der Waals surface area contributed by atoms with Gasteiger partial charge in [0.25, 0.3) is 0 Å². The molecular weight excluding hydrogens is 274 g/mol. The third-order valence-corrected chi connectivity index (χ3v) is 5.99. The van der Waals surface area contributed by atoms with Crippen LogP contribution in [0.25, 0.3) is 0 Å². The fourth-order valence-electron chi connectivity index (χ4n) is 4.56. The summed E-state index contributed by atoms with van der Waals surface area (Å²) in [5, 5.41) is 3.48. The van der Waals surface area contributed by atoms with E-state index in [0.717, 1.165) is 25.4 Å². The van der Waals surface area contributed by atoms with Crippen LogP contribution in [0.2, 0.25) is 0 Å². The van der Waals surface area contributed by atoms with Gasteiger partial charge in [-0.2, -0.15) is 0 Å². The SMILES string of the molecule is Cc1ccc2c(c1)OC(C)(C)[C@H]1CC3(CCNCC3)CO[C@H]21. The molecule has 2 saturated heterocycles. The van der Waals surface area contributed by atoms with Crippen LogP contribution in [0.4, 0.5) is 0 Å². The molecule has 1 aromatic carbocycles. The Hall–Kier alpha value is -1.06. The van der Waals surface area contributed by atoms with Gasteiger partial charge in [-0.1, -0.05) is 12.1 Å². The van der Waals surface area contributed by atoms with Gasteiger partial charge in [-0.05, 0) is 70.2 Å². The van der Waals surface area contributed by atoms with Crippen LogP contribution >= 0.6 is 0 Å². The standard InChI is InChI=1S/C19H27NO2/c1-13-4-5-14-16(10-13)22-18(2,3)15-11-19(12-21-17(14)15)6-8-20-9-7-19/h4-5,10,15,17,20H,6-9,11-12H2,1-3H3/t15-,17+/m0/s1. The highest BCUT2D eigenvalue weighted by molar-refractivity contribution is 5.42. The van der Waals surface area contributed by atoms with Crippen molar-refractivity contribution in [3.63, 3.8) is 0 Å². The highest BCUT2D eigenvalue weighted by Crippen LogP contribution is 2.55. The summed E-state index contributed by atoms with van der Waals surface area (Å²) in [4.78, 5) is 0. The smallest absolute Gasteiger partial charge is 0.126 e. The predicted molar refractivity (Wildman–Crippen MR) is 87.2 cm³/mol. The molecule has 3 aliphatic heterocycles. The molecule has 0 saturated carbocycles. The van der Waals surface area contributed by atoms with E-state index < -0.39 is 0 Å². The van der Waals surface area contributed by atoms with E-state index in [4.69, 9.17) is 9.47 Å². The van der Waals surface area contributed by atoms with E-state index >= 15 is 0 Å². The second-order valence-corrected chi connectivity index (χ2v) is 8.04. The third kappa shape index (κ3) is 2.26. The van der Waals surface area contributed by atoms with Crippen molar-refractivity contribution in [2.75, 3.05) is 19.7 Å². The number of ether oxygens (including phenoxy) is 2. The van der Waals surface area contributed by atoms with Gasteiger partial charge >= 0.3 is 0 Å². The molecule has 1 N–H and O–H groups in total. The van der Waals surface area contributed by atoms with E-state index in [1.54, 1.807) is 0 Å². The normalized spacial score (nSPS) is 32.0. The average molecular weight is 301 g/mol. The number of rotatable bonds is 0. The molecule has 3 nitrogen and oxygen atoms in total. The third-order valence-electron chi connectivity index (χ3n) is 5.99. The Bertz CT molecular complexity index is 575. The van der Waals surface area contributed by atoms with Crippen LogP contribution in [-0.2, 0) is 4.74 Å². The average Bonchev–Trinajstić information content (AvgIpc) is 2.48. The molecule has 0 aliphatic carbocycles. The lowest BCUT2D eigenvalue weighted by atomic mass is 9.64. The topological polar surface area (TPSA) is 30.5 Å². The number of fused-ring (bicyclic) bond motifs is 3. The maximum atomic E-state index is 6.47. The number of hydrogen-bond donors (Lipinski definition) is 1. The highest BCUT2D eigenvalue weighted by Gasteiger charge is 2.52. The first-order valence-electron chi connectivity index (χ1n) is 8.61. The quantitative estimate of drug-likeness (QED) is 0.794. The molecule has 3 aliphatic rings. The summed E-state index contributed by atoms with van der Waals surface area (Å²) < 4.78 is 12.9. The molecule has 0 amide bonds. The van der Waals surface area contributed by atoms with Crippen LogP contribution in [0.5, 0.6) is 5.75 Å². The molecule has 3 heteroatoms. The van der Waals surface area contributed by atoms with Gasteiger partial charge in [-0.3, -0.25) is 0 Å². The largest absolute Gasteiger partial charge is 0.487 e. The Morgan fingerprint density at radius 1 is 1.18 bits per heavy atom. The zero-order chi connectivity index (χ0) is 15.4. The van der Waals surface area contributed by atoms with Crippen LogP contribution in [0.1, 0.15) is 50.3 Å². The number of benzene rings is 1. The van der Waals surface area contributed by atoms with Crippen molar-refractivity contribution in [1.82, 2.24) is 5.32 Å². The van der Waals surface area contributed by atoms with Gasteiger partial charge in [0.05, 0.1) is 12.7 Å². The molecule has 1 spiro atoms. The van der Waals surface area contributed by atoms with E-state index in [0.29, 0.717) is 11.3 Å². The van der Waals surface area contributed by atoms with Gasteiger partial charge in [0, 0.05) is 11.5 Å². The molecule has 2 fully saturated rings. The maximum Gasteiger partial charge on any atom is 0.126 e. The van der Waals surface area contributed by atoms with E-state index in [2.05, 4.69) is 44.3 Å². The summed E-state index contributed by atoms with van der Waals surface area (Å²) in [6, 6.07) is 6.54. The highest BCUT2D eigenvalue weighted by atomic mass is 16.5. The summed E-state index contributed by atoms with van der Waals surface area (Å²) >= 11 is 0. The fraction of sp³-hybridized carbons (Fsp3) is 0.684. The van der Waals surface area contributed by atoms with Crippen LogP contribution in [0.3, 0.4) is 0 Å². The van der Waals surface area contributed by atoms with Gasteiger partial charge in [-0.15, -0.1) is 0 Å². The van der Waals surface area contributed by atoms with Gasteiger partial charge in [0.2, 0.25) is 0 Å². The Kier molecular flexibility index (Phi) is 3.28. The lowest BCUT2D eigenvalue weighted by Gasteiger charge is -2.53. The number of nitrogens with one attached hydrogen (secondary N) is 1. The first-order valence-corrected chi connectivity index (χ1v) is 8.61. The van der Waals surface area contributed by atoms with Crippen molar-refractivity contribution >= 4 is 0 Å². The minimum Gasteiger partial charge on any atom is -0.487 e. The molecule has 3 heterocycles. The Labute approximate surface area is 133 Å². The molecule has 0 radical (unpaired) electrons. The Morgan fingerprint density at radius 2 is 1.95 bits per heavy atom. The number of piperidine rings is 1. The first-order chi connectivity index (χ1) is 10.5. The Balaban J connectivity index is 1.69. The number of aryl methyl sites for hydroxylation is 1. The molecule has 0 unspecified atom stereocenters. The van der Waals surface area contributed by atoms with Crippen molar-refractivity contribution in [3.8, 4) is 5.75 Å². The van der Waals surface area contributed by atoms with Crippen LogP contribution in [0, 0.1) is 18.3 Å². The van der Waals surface area contributed by atoms with Crippen molar-refractivity contribution in [1.29, 1.82) is 0 Å². The molecular formula is C19H27NO2. The molecule has 22 heavy (non-hydrogen) atoms. The van der Waals surface area contributed by atoms with Gasteiger partial charge in [0.15, 0.2) is 0 Å². The van der Waals surface area contributed by atoms with E-state index in [9.17, 15) is 0 Å². The molecule has 1 aromatic rings. The second kappa shape index (κ2) is 4.97. The number of hydrogen-bond acceptors (Lipinski definition) is 3. The van der Waals surface area contributed by atoms with Crippen molar-refractivity contribution in [2.45, 2.75) is 51.7 Å². The summed E-state index contributed by atoms with van der Waals surface area (Å²) in [6.07, 6.45) is 3.87. The monoisotopic (exact) mass is 301 g/mol. The first kappa shape index (κ1) is 14.5. The molecule has 2 atom stereocenters. The fourth-order valence-corrected chi connectivity index (χ4v) is 4.56. The Morgan fingerprint density at radius 3 is 2.73 bits per heavy atom. The van der Waals surface area contributed by atoms with E-state index in [1.165, 1.54) is 30.4 Å². The van der Waals surface area contributed by atoms with E-state index in [-0.39, 0.29) is 11.7 Å². The van der Waals surface area contributed by atoms with Crippen LogP contribution in [0.15, 0.2) is 18.2 Å². The van der Waals surface area contributed by atoms with Crippen molar-refractivity contribution < 1.29 is 9.47 Å². The zero-order valence-electron chi connectivity index (χ0n) is 13.9. The van der Waals surface area contributed by atoms with Crippen LogP contribution in [-0.4, -0.2) is 25.3 Å². The second-order valence-electron chi connectivity index (χ2n) is 8.04.